The average molecular weight is 545 g/mol. The molecule has 1 aliphatic rings. The third kappa shape index (κ3) is 5.33. The van der Waals surface area contributed by atoms with E-state index in [1.807, 2.05) is 22.6 Å². The van der Waals surface area contributed by atoms with E-state index in [-0.39, 0.29) is 17.1 Å². The molecule has 1 fully saturated rings. The van der Waals surface area contributed by atoms with Crippen LogP contribution in [-0.4, -0.2) is 46.7 Å². The van der Waals surface area contributed by atoms with Crippen LogP contribution in [0.15, 0.2) is 27.8 Å². The van der Waals surface area contributed by atoms with Crippen LogP contribution < -0.4 is 22.0 Å². The first-order chi connectivity index (χ1) is 14.7. The second-order valence-electron chi connectivity index (χ2n) is 7.67. The van der Waals surface area contributed by atoms with E-state index in [2.05, 4.69) is 22.7 Å². The van der Waals surface area contributed by atoms with Crippen molar-refractivity contribution in [3.05, 3.63) is 54.0 Å². The van der Waals surface area contributed by atoms with Gasteiger partial charge < -0.3 is 10.2 Å². The smallest absolute Gasteiger partial charge is 0.332 e. The Kier molecular flexibility index (Phi) is 7.49. The molecule has 0 radical (unpaired) electrons. The van der Waals surface area contributed by atoms with Crippen molar-refractivity contribution in [2.24, 2.45) is 20.0 Å². The molecule has 3 rings (SSSR count). The normalized spacial score (nSPS) is 15.1. The monoisotopic (exact) mass is 545 g/mol. The highest BCUT2D eigenvalue weighted by molar-refractivity contribution is 14.1. The summed E-state index contributed by atoms with van der Waals surface area (Å²) in [4.78, 5) is 45.5. The molecular weight excluding hydrogens is 520 g/mol. The van der Waals surface area contributed by atoms with Crippen LogP contribution >= 0.6 is 22.6 Å². The van der Waals surface area contributed by atoms with E-state index in [0.29, 0.717) is 16.1 Å². The van der Waals surface area contributed by atoms with E-state index in [1.54, 1.807) is 6.07 Å². The number of carbonyl (C=O) groups is 1. The summed E-state index contributed by atoms with van der Waals surface area (Å²) in [5.74, 6) is -1.20. The highest BCUT2D eigenvalue weighted by Crippen LogP contribution is 2.22. The molecule has 2 aromatic rings. The van der Waals surface area contributed by atoms with Gasteiger partial charge in [0.25, 0.3) is 11.5 Å². The van der Waals surface area contributed by atoms with Gasteiger partial charge in [-0.25, -0.2) is 14.7 Å². The molecule has 0 bridgehead atoms. The van der Waals surface area contributed by atoms with Gasteiger partial charge in [0.05, 0.1) is 12.3 Å². The van der Waals surface area contributed by atoms with Crippen molar-refractivity contribution in [1.29, 1.82) is 0 Å². The van der Waals surface area contributed by atoms with E-state index in [0.717, 1.165) is 35.1 Å². The summed E-state index contributed by atoms with van der Waals surface area (Å²) < 4.78 is 16.9. The fraction of sp³-hybridized carbons (Fsp3) is 0.450. The number of likely N-dealkylation sites (tertiary alicyclic amines) is 1. The van der Waals surface area contributed by atoms with Crippen molar-refractivity contribution >= 4 is 40.0 Å². The summed E-state index contributed by atoms with van der Waals surface area (Å²) in [5, 5.41) is 2.72. The highest BCUT2D eigenvalue weighted by Gasteiger charge is 2.24. The molecule has 1 aromatic carbocycles. The number of hydrogen-bond donors (Lipinski definition) is 2. The van der Waals surface area contributed by atoms with Gasteiger partial charge in [-0.15, -0.1) is 0 Å². The number of amides is 1. The molecule has 168 valence electrons. The van der Waals surface area contributed by atoms with Crippen LogP contribution in [0, 0.1) is 15.3 Å². The Labute approximate surface area is 192 Å². The molecule has 0 atom stereocenters. The van der Waals surface area contributed by atoms with Crippen LogP contribution in [0.5, 0.6) is 0 Å². The summed E-state index contributed by atoms with van der Waals surface area (Å²) in [7, 11) is 4.72. The lowest BCUT2D eigenvalue weighted by Gasteiger charge is -2.28. The molecule has 1 saturated heterocycles. The summed E-state index contributed by atoms with van der Waals surface area (Å²) >= 11 is 1.97. The molecule has 0 saturated carbocycles. The van der Waals surface area contributed by atoms with Crippen molar-refractivity contribution in [2.75, 3.05) is 32.1 Å². The van der Waals surface area contributed by atoms with Crippen LogP contribution in [0.3, 0.4) is 0 Å². The van der Waals surface area contributed by atoms with E-state index in [1.165, 1.54) is 26.2 Å². The van der Waals surface area contributed by atoms with Gasteiger partial charge in [-0.05, 0) is 79.7 Å². The molecule has 0 aliphatic carbocycles. The van der Waals surface area contributed by atoms with Crippen LogP contribution in [0.25, 0.3) is 0 Å². The van der Waals surface area contributed by atoms with Gasteiger partial charge in [0.15, 0.2) is 0 Å². The maximum atomic E-state index is 14.4. The van der Waals surface area contributed by atoms with Gasteiger partial charge in [0.2, 0.25) is 0 Å². The number of nitrogens with zero attached hydrogens (tertiary/aromatic N) is 3. The standard InChI is InChI=1S/C20H25FIN5O4/c1-25-8-6-12(7-9-25)11-31-24-18(28)16-17(26(2)20(30)27(3)19(16)29)23-15-5-4-13(22)10-14(15)21/h4-5,10,12,23H,6-9,11H2,1-3H3,(H,24,28). The van der Waals surface area contributed by atoms with Crippen LogP contribution in [0.4, 0.5) is 15.9 Å². The first kappa shape index (κ1) is 23.4. The Hall–Kier alpha value is -2.25. The molecule has 0 unspecified atom stereocenters. The van der Waals surface area contributed by atoms with E-state index >= 15 is 0 Å². The number of hydroxylamine groups is 1. The zero-order chi connectivity index (χ0) is 22.7. The average Bonchev–Trinajstić information content (AvgIpc) is 2.73. The van der Waals surface area contributed by atoms with E-state index < -0.39 is 23.0 Å². The first-order valence-corrected chi connectivity index (χ1v) is 10.9. The predicted octanol–water partition coefficient (Wildman–Crippen LogP) is 1.57. The number of piperidine rings is 1. The molecule has 9 nitrogen and oxygen atoms in total. The van der Waals surface area contributed by atoms with Crippen LogP contribution in [0.2, 0.25) is 0 Å². The lowest BCUT2D eigenvalue weighted by Crippen LogP contribution is -2.44. The summed E-state index contributed by atoms with van der Waals surface area (Å²) in [6.07, 6.45) is 1.90. The first-order valence-electron chi connectivity index (χ1n) is 9.81. The number of halogens is 2. The van der Waals surface area contributed by atoms with Gasteiger partial charge >= 0.3 is 5.69 Å². The number of anilines is 2. The lowest BCUT2D eigenvalue weighted by molar-refractivity contribution is 0.00631. The van der Waals surface area contributed by atoms with Gasteiger partial charge in [-0.1, -0.05) is 0 Å². The summed E-state index contributed by atoms with van der Waals surface area (Å²) in [6, 6.07) is 4.43. The van der Waals surface area contributed by atoms with Crippen molar-refractivity contribution < 1.29 is 14.0 Å². The Balaban J connectivity index is 1.85. The third-order valence-electron chi connectivity index (χ3n) is 5.40. The zero-order valence-corrected chi connectivity index (χ0v) is 19.7. The Morgan fingerprint density at radius 1 is 1.19 bits per heavy atom. The minimum absolute atomic E-state index is 0.0324. The van der Waals surface area contributed by atoms with Crippen molar-refractivity contribution in [2.45, 2.75) is 12.8 Å². The molecular formula is C20H25FIN5O4. The number of hydrogen-bond acceptors (Lipinski definition) is 6. The quantitative estimate of drug-likeness (QED) is 0.423. The van der Waals surface area contributed by atoms with Crippen LogP contribution in [-0.2, 0) is 18.9 Å². The zero-order valence-electron chi connectivity index (χ0n) is 17.6. The number of rotatable bonds is 6. The van der Waals surface area contributed by atoms with Gasteiger partial charge in [0, 0.05) is 17.7 Å². The molecule has 31 heavy (non-hydrogen) atoms. The molecule has 2 N–H and O–H groups in total. The predicted molar refractivity (Wildman–Crippen MR) is 123 cm³/mol. The highest BCUT2D eigenvalue weighted by atomic mass is 127. The minimum atomic E-state index is -0.808. The van der Waals surface area contributed by atoms with Crippen molar-refractivity contribution in [3.8, 4) is 0 Å². The van der Waals surface area contributed by atoms with Crippen molar-refractivity contribution in [3.63, 3.8) is 0 Å². The van der Waals surface area contributed by atoms with E-state index in [4.69, 9.17) is 4.84 Å². The molecule has 0 spiro atoms. The maximum Gasteiger partial charge on any atom is 0.332 e. The molecule has 1 amide bonds. The number of aromatic nitrogens is 2. The number of nitrogens with one attached hydrogen (secondary N) is 2. The van der Waals surface area contributed by atoms with Crippen molar-refractivity contribution in [1.82, 2.24) is 19.5 Å². The second-order valence-corrected chi connectivity index (χ2v) is 8.91. The topological polar surface area (TPSA) is 97.6 Å². The fourth-order valence-corrected chi connectivity index (χ4v) is 3.87. The van der Waals surface area contributed by atoms with Gasteiger partial charge in [-0.2, -0.15) is 0 Å². The second kappa shape index (κ2) is 9.92. The SMILES string of the molecule is CN1CCC(CONC(=O)c2c(Nc3ccc(I)cc3F)n(C)c(=O)n(C)c2=O)CC1. The third-order valence-corrected chi connectivity index (χ3v) is 6.07. The minimum Gasteiger partial charge on any atom is -0.338 e. The number of benzene rings is 1. The maximum absolute atomic E-state index is 14.4. The van der Waals surface area contributed by atoms with E-state index in [9.17, 15) is 18.8 Å². The summed E-state index contributed by atoms with van der Waals surface area (Å²) in [6.45, 7) is 2.23. The largest absolute Gasteiger partial charge is 0.338 e. The van der Waals surface area contributed by atoms with Gasteiger partial charge in [0.1, 0.15) is 17.2 Å². The Bertz CT molecular complexity index is 1090. The molecule has 11 heteroatoms. The number of carbonyl (C=O) groups excluding carboxylic acids is 1. The lowest BCUT2D eigenvalue weighted by atomic mass is 9.98. The Morgan fingerprint density at radius 3 is 2.52 bits per heavy atom. The summed E-state index contributed by atoms with van der Waals surface area (Å²) in [5.41, 5.74) is 0.537. The van der Waals surface area contributed by atoms with Gasteiger partial charge in [-0.3, -0.25) is 23.6 Å². The Morgan fingerprint density at radius 2 is 1.87 bits per heavy atom. The molecule has 1 aromatic heterocycles. The van der Waals surface area contributed by atoms with Crippen LogP contribution in [0.1, 0.15) is 23.2 Å². The molecule has 1 aliphatic heterocycles. The fourth-order valence-electron chi connectivity index (χ4n) is 3.42. The molecule has 2 heterocycles.